The molecule has 1 aliphatic carbocycles. The van der Waals surface area contributed by atoms with Gasteiger partial charge < -0.3 is 10.4 Å². The largest absolute Gasteiger partial charge is 0.388 e. The van der Waals surface area contributed by atoms with Crippen molar-refractivity contribution in [3.8, 4) is 0 Å². The molecule has 0 saturated heterocycles. The summed E-state index contributed by atoms with van der Waals surface area (Å²) in [4.78, 5) is 11.7. The van der Waals surface area contributed by atoms with Crippen LogP contribution in [0.15, 0.2) is 30.3 Å². The molecule has 0 bridgehead atoms. The van der Waals surface area contributed by atoms with E-state index in [1.165, 1.54) is 25.7 Å². The molecule has 3 heteroatoms. The van der Waals surface area contributed by atoms with Gasteiger partial charge in [0.25, 0.3) is 0 Å². The maximum Gasteiger partial charge on any atom is 0.220 e. The van der Waals surface area contributed by atoms with Crippen molar-refractivity contribution >= 4 is 5.91 Å². The number of aliphatic hydroxyl groups is 1. The van der Waals surface area contributed by atoms with Gasteiger partial charge in [0.1, 0.15) is 0 Å². The fourth-order valence-corrected chi connectivity index (χ4v) is 2.91. The Bertz CT molecular complexity index is 399. The van der Waals surface area contributed by atoms with Crippen LogP contribution in [0, 0.1) is 5.92 Å². The number of carbonyl (C=O) groups is 1. The highest BCUT2D eigenvalue weighted by atomic mass is 16.3. The first kappa shape index (κ1) is 15.0. The number of nitrogens with one attached hydrogen (secondary N) is 1. The maximum absolute atomic E-state index is 11.7. The monoisotopic (exact) mass is 275 g/mol. The molecule has 0 aliphatic heterocycles. The second-order valence-electron chi connectivity index (χ2n) is 5.75. The molecule has 0 aromatic heterocycles. The topological polar surface area (TPSA) is 49.3 Å². The van der Waals surface area contributed by atoms with Crippen molar-refractivity contribution in [1.29, 1.82) is 0 Å². The minimum atomic E-state index is -0.494. The van der Waals surface area contributed by atoms with Crippen LogP contribution in [0.3, 0.4) is 0 Å². The van der Waals surface area contributed by atoms with Crippen molar-refractivity contribution in [1.82, 2.24) is 5.32 Å². The summed E-state index contributed by atoms with van der Waals surface area (Å²) in [5.41, 5.74) is 0.910. The molecule has 0 radical (unpaired) electrons. The molecule has 1 amide bonds. The van der Waals surface area contributed by atoms with Crippen LogP contribution in [0.25, 0.3) is 0 Å². The third kappa shape index (κ3) is 4.97. The number of hydrogen-bond acceptors (Lipinski definition) is 2. The molecule has 1 aromatic carbocycles. The van der Waals surface area contributed by atoms with E-state index in [9.17, 15) is 9.90 Å². The van der Waals surface area contributed by atoms with Gasteiger partial charge in [-0.15, -0.1) is 0 Å². The molecule has 1 atom stereocenters. The van der Waals surface area contributed by atoms with E-state index in [2.05, 4.69) is 5.32 Å². The average Bonchev–Trinajstić information content (AvgIpc) is 2.99. The molecule has 0 heterocycles. The van der Waals surface area contributed by atoms with Crippen molar-refractivity contribution in [2.45, 2.75) is 51.0 Å². The zero-order valence-electron chi connectivity index (χ0n) is 12.1. The lowest BCUT2D eigenvalue weighted by molar-refractivity contribution is -0.121. The first-order valence-electron chi connectivity index (χ1n) is 7.75. The Labute approximate surface area is 121 Å². The SMILES string of the molecule is O=C(CCC1CCCC1)NCCC(O)c1ccccc1. The highest BCUT2D eigenvalue weighted by molar-refractivity contribution is 5.75. The molecular weight excluding hydrogens is 250 g/mol. The Kier molecular flexibility index (Phi) is 6.06. The number of benzene rings is 1. The van der Waals surface area contributed by atoms with Crippen LogP contribution in [0.2, 0.25) is 0 Å². The Morgan fingerprint density at radius 2 is 1.95 bits per heavy atom. The van der Waals surface area contributed by atoms with Gasteiger partial charge in [-0.25, -0.2) is 0 Å². The number of amides is 1. The number of hydrogen-bond donors (Lipinski definition) is 2. The molecule has 1 unspecified atom stereocenters. The minimum Gasteiger partial charge on any atom is -0.388 e. The van der Waals surface area contributed by atoms with Gasteiger partial charge in [0.2, 0.25) is 5.91 Å². The zero-order valence-corrected chi connectivity index (χ0v) is 12.1. The van der Waals surface area contributed by atoms with Crippen molar-refractivity contribution in [2.75, 3.05) is 6.54 Å². The predicted molar refractivity (Wildman–Crippen MR) is 80.2 cm³/mol. The van der Waals surface area contributed by atoms with Crippen LogP contribution in [-0.2, 0) is 4.79 Å². The van der Waals surface area contributed by atoms with Gasteiger partial charge in [-0.1, -0.05) is 56.0 Å². The Balaban J connectivity index is 1.59. The van der Waals surface area contributed by atoms with Crippen molar-refractivity contribution in [3.63, 3.8) is 0 Å². The fourth-order valence-electron chi connectivity index (χ4n) is 2.91. The normalized spacial score (nSPS) is 17.1. The van der Waals surface area contributed by atoms with Crippen molar-refractivity contribution < 1.29 is 9.90 Å². The summed E-state index contributed by atoms with van der Waals surface area (Å²) in [6, 6.07) is 9.58. The van der Waals surface area contributed by atoms with Gasteiger partial charge in [-0.3, -0.25) is 4.79 Å². The average molecular weight is 275 g/mol. The third-order valence-corrected chi connectivity index (χ3v) is 4.18. The summed E-state index contributed by atoms with van der Waals surface area (Å²) in [5, 5.41) is 12.9. The van der Waals surface area contributed by atoms with E-state index in [0.29, 0.717) is 19.4 Å². The Morgan fingerprint density at radius 1 is 1.25 bits per heavy atom. The quantitative estimate of drug-likeness (QED) is 0.803. The molecule has 1 saturated carbocycles. The molecular formula is C17H25NO2. The number of rotatable bonds is 7. The smallest absolute Gasteiger partial charge is 0.220 e. The van der Waals surface area contributed by atoms with Gasteiger partial charge >= 0.3 is 0 Å². The summed E-state index contributed by atoms with van der Waals surface area (Å²) < 4.78 is 0. The highest BCUT2D eigenvalue weighted by Crippen LogP contribution is 2.28. The summed E-state index contributed by atoms with van der Waals surface area (Å²) in [6.45, 7) is 0.541. The summed E-state index contributed by atoms with van der Waals surface area (Å²) in [7, 11) is 0. The number of aliphatic hydroxyl groups excluding tert-OH is 1. The van der Waals surface area contributed by atoms with Gasteiger partial charge in [-0.05, 0) is 24.3 Å². The van der Waals surface area contributed by atoms with Crippen LogP contribution < -0.4 is 5.32 Å². The molecule has 0 spiro atoms. The van der Waals surface area contributed by atoms with Gasteiger partial charge in [0.05, 0.1) is 6.10 Å². The van der Waals surface area contributed by atoms with E-state index >= 15 is 0 Å². The van der Waals surface area contributed by atoms with Crippen LogP contribution >= 0.6 is 0 Å². The van der Waals surface area contributed by atoms with Gasteiger partial charge in [-0.2, -0.15) is 0 Å². The third-order valence-electron chi connectivity index (χ3n) is 4.18. The second kappa shape index (κ2) is 8.05. The number of carbonyl (C=O) groups excluding carboxylic acids is 1. The van der Waals surface area contributed by atoms with Crippen LogP contribution in [-0.4, -0.2) is 17.6 Å². The summed E-state index contributed by atoms with van der Waals surface area (Å²) in [5.74, 6) is 0.882. The van der Waals surface area contributed by atoms with Crippen LogP contribution in [0.4, 0.5) is 0 Å². The lowest BCUT2D eigenvalue weighted by Gasteiger charge is -2.12. The predicted octanol–water partition coefficient (Wildman–Crippen LogP) is 3.20. The molecule has 1 fully saturated rings. The van der Waals surface area contributed by atoms with E-state index in [1.807, 2.05) is 30.3 Å². The maximum atomic E-state index is 11.7. The van der Waals surface area contributed by atoms with Crippen LogP contribution in [0.1, 0.15) is 56.6 Å². The summed E-state index contributed by atoms with van der Waals surface area (Å²) in [6.07, 6.45) is 6.97. The van der Waals surface area contributed by atoms with E-state index in [0.717, 1.165) is 17.9 Å². The highest BCUT2D eigenvalue weighted by Gasteiger charge is 2.16. The molecule has 110 valence electrons. The molecule has 3 nitrogen and oxygen atoms in total. The molecule has 2 N–H and O–H groups in total. The minimum absolute atomic E-state index is 0.122. The fraction of sp³-hybridized carbons (Fsp3) is 0.588. The Morgan fingerprint density at radius 3 is 2.65 bits per heavy atom. The first-order chi connectivity index (χ1) is 9.75. The van der Waals surface area contributed by atoms with E-state index in [-0.39, 0.29) is 5.91 Å². The second-order valence-corrected chi connectivity index (χ2v) is 5.75. The van der Waals surface area contributed by atoms with E-state index in [1.54, 1.807) is 0 Å². The summed E-state index contributed by atoms with van der Waals surface area (Å²) >= 11 is 0. The Hall–Kier alpha value is -1.35. The molecule has 1 aliphatic rings. The standard InChI is InChI=1S/C17H25NO2/c19-16(15-8-2-1-3-9-15)12-13-18-17(20)11-10-14-6-4-5-7-14/h1-3,8-9,14,16,19H,4-7,10-13H2,(H,18,20). The van der Waals surface area contributed by atoms with E-state index in [4.69, 9.17) is 0 Å². The van der Waals surface area contributed by atoms with Crippen molar-refractivity contribution in [3.05, 3.63) is 35.9 Å². The van der Waals surface area contributed by atoms with Crippen LogP contribution in [0.5, 0.6) is 0 Å². The zero-order chi connectivity index (χ0) is 14.2. The molecule has 20 heavy (non-hydrogen) atoms. The van der Waals surface area contributed by atoms with E-state index < -0.39 is 6.10 Å². The van der Waals surface area contributed by atoms with Crippen molar-refractivity contribution in [2.24, 2.45) is 5.92 Å². The molecule has 2 rings (SSSR count). The van der Waals surface area contributed by atoms with Gasteiger partial charge in [0.15, 0.2) is 0 Å². The lowest BCUT2D eigenvalue weighted by Crippen LogP contribution is -2.25. The lowest BCUT2D eigenvalue weighted by atomic mass is 10.0. The van der Waals surface area contributed by atoms with Gasteiger partial charge in [0, 0.05) is 13.0 Å². The molecule has 1 aromatic rings. The first-order valence-corrected chi connectivity index (χ1v) is 7.75.